The van der Waals surface area contributed by atoms with Crippen molar-refractivity contribution in [3.05, 3.63) is 71.5 Å². The Morgan fingerprint density at radius 1 is 1.12 bits per heavy atom. The van der Waals surface area contributed by atoms with Gasteiger partial charge in [0, 0.05) is 28.2 Å². The molecule has 3 aromatic rings. The largest absolute Gasteiger partial charge is 0.351 e. The molecule has 0 atom stereocenters. The molecule has 24 heavy (non-hydrogen) atoms. The van der Waals surface area contributed by atoms with Crippen LogP contribution in [0.1, 0.15) is 19.4 Å². The lowest BCUT2D eigenvalue weighted by atomic mass is 9.91. The first-order chi connectivity index (χ1) is 11.4. The molecule has 122 valence electrons. The molecular weight excluding hydrogens is 322 g/mol. The highest BCUT2D eigenvalue weighted by atomic mass is 35.5. The normalized spacial score (nSPS) is 11.5. The monoisotopic (exact) mass is 339 g/mol. The second-order valence-electron chi connectivity index (χ2n) is 6.11. The number of primary amides is 1. The Balaban J connectivity index is 2.19. The van der Waals surface area contributed by atoms with Gasteiger partial charge in [0.15, 0.2) is 0 Å². The summed E-state index contributed by atoms with van der Waals surface area (Å²) in [5.41, 5.74) is 6.81. The molecule has 0 saturated heterocycles. The van der Waals surface area contributed by atoms with E-state index in [1.807, 2.05) is 62.4 Å². The molecule has 2 amide bonds. The lowest BCUT2D eigenvalue weighted by Crippen LogP contribution is -2.48. The number of halogens is 1. The Labute approximate surface area is 145 Å². The van der Waals surface area contributed by atoms with Crippen LogP contribution in [-0.4, -0.2) is 11.0 Å². The van der Waals surface area contributed by atoms with Crippen molar-refractivity contribution >= 4 is 34.1 Å². The third-order valence-electron chi connectivity index (χ3n) is 4.23. The van der Waals surface area contributed by atoms with E-state index < -0.39 is 11.6 Å². The number of amides is 2. The van der Waals surface area contributed by atoms with Gasteiger partial charge in [-0.2, -0.15) is 0 Å². The molecule has 3 rings (SSSR count). The van der Waals surface area contributed by atoms with Gasteiger partial charge in [-0.3, -0.25) is 9.88 Å². The zero-order valence-electron chi connectivity index (χ0n) is 13.5. The Morgan fingerprint density at radius 3 is 2.50 bits per heavy atom. The van der Waals surface area contributed by atoms with E-state index in [4.69, 9.17) is 17.3 Å². The van der Waals surface area contributed by atoms with Crippen LogP contribution in [-0.2, 0) is 5.54 Å². The topological polar surface area (TPSA) is 59.2 Å². The first kappa shape index (κ1) is 16.3. The number of anilines is 1. The van der Waals surface area contributed by atoms with Crippen LogP contribution in [0.5, 0.6) is 0 Å². The first-order valence-electron chi connectivity index (χ1n) is 7.60. The fourth-order valence-corrected chi connectivity index (χ4v) is 3.11. The number of hydrogen-bond donors (Lipinski definition) is 1. The molecule has 2 aromatic carbocycles. The number of nitrogens with zero attached hydrogens (tertiary/aromatic N) is 2. The zero-order chi connectivity index (χ0) is 17.3. The van der Waals surface area contributed by atoms with E-state index in [-0.39, 0.29) is 0 Å². The molecule has 1 heterocycles. The smallest absolute Gasteiger partial charge is 0.320 e. The SMILES string of the molecule is CC(C)(c1ccc(Cl)cc1)N(C(N)=O)c1cccc2cnccc12. The fourth-order valence-electron chi connectivity index (χ4n) is 2.98. The number of hydrogen-bond acceptors (Lipinski definition) is 2. The maximum Gasteiger partial charge on any atom is 0.320 e. The lowest BCUT2D eigenvalue weighted by molar-refractivity contribution is 0.248. The van der Waals surface area contributed by atoms with Crippen LogP contribution < -0.4 is 10.6 Å². The van der Waals surface area contributed by atoms with Gasteiger partial charge in [0.05, 0.1) is 11.2 Å². The molecule has 0 aliphatic carbocycles. The standard InChI is InChI=1S/C19H18ClN3O/c1-19(2,14-6-8-15(20)9-7-14)23(18(21)24)17-5-3-4-13-12-22-11-10-16(13)17/h3-12H,1-2H3,(H2,21,24). The molecule has 0 saturated carbocycles. The number of benzene rings is 2. The zero-order valence-corrected chi connectivity index (χ0v) is 14.3. The van der Waals surface area contributed by atoms with Crippen molar-refractivity contribution in [1.29, 1.82) is 0 Å². The molecule has 0 aliphatic rings. The van der Waals surface area contributed by atoms with Gasteiger partial charge < -0.3 is 5.73 Å². The highest BCUT2D eigenvalue weighted by Crippen LogP contribution is 2.36. The van der Waals surface area contributed by atoms with Gasteiger partial charge in [0.25, 0.3) is 0 Å². The third kappa shape index (κ3) is 2.81. The summed E-state index contributed by atoms with van der Waals surface area (Å²) >= 11 is 5.99. The number of rotatable bonds is 3. The molecule has 0 unspecified atom stereocenters. The summed E-state index contributed by atoms with van der Waals surface area (Å²) in [6, 6.07) is 14.6. The van der Waals surface area contributed by atoms with E-state index in [0.29, 0.717) is 5.02 Å². The number of carbonyl (C=O) groups is 1. The quantitative estimate of drug-likeness (QED) is 0.751. The van der Waals surface area contributed by atoms with Gasteiger partial charge >= 0.3 is 6.03 Å². The average Bonchev–Trinajstić information content (AvgIpc) is 2.55. The summed E-state index contributed by atoms with van der Waals surface area (Å²) in [5.74, 6) is 0. The van der Waals surface area contributed by atoms with Crippen molar-refractivity contribution < 1.29 is 4.79 Å². The number of pyridine rings is 1. The minimum Gasteiger partial charge on any atom is -0.351 e. The molecule has 5 heteroatoms. The van der Waals surface area contributed by atoms with Crippen molar-refractivity contribution in [2.24, 2.45) is 5.73 Å². The molecule has 4 nitrogen and oxygen atoms in total. The van der Waals surface area contributed by atoms with Crippen LogP contribution in [0.4, 0.5) is 10.5 Å². The highest BCUT2D eigenvalue weighted by molar-refractivity contribution is 6.30. The van der Waals surface area contributed by atoms with E-state index in [1.54, 1.807) is 17.3 Å². The van der Waals surface area contributed by atoms with E-state index in [9.17, 15) is 4.79 Å². The van der Waals surface area contributed by atoms with Crippen LogP contribution in [0.3, 0.4) is 0 Å². The summed E-state index contributed by atoms with van der Waals surface area (Å²) in [6.45, 7) is 3.92. The van der Waals surface area contributed by atoms with E-state index in [2.05, 4.69) is 4.98 Å². The number of aromatic nitrogens is 1. The summed E-state index contributed by atoms with van der Waals surface area (Å²) in [7, 11) is 0. The van der Waals surface area contributed by atoms with E-state index in [1.165, 1.54) is 0 Å². The van der Waals surface area contributed by atoms with E-state index in [0.717, 1.165) is 22.0 Å². The van der Waals surface area contributed by atoms with Gasteiger partial charge in [0.2, 0.25) is 0 Å². The number of fused-ring (bicyclic) bond motifs is 1. The molecule has 1 aromatic heterocycles. The number of nitrogens with two attached hydrogens (primary N) is 1. The molecule has 0 aliphatic heterocycles. The molecule has 0 bridgehead atoms. The first-order valence-corrected chi connectivity index (χ1v) is 7.97. The maximum atomic E-state index is 12.3. The molecule has 2 N–H and O–H groups in total. The minimum absolute atomic E-state index is 0.515. The van der Waals surface area contributed by atoms with Crippen LogP contribution in [0.25, 0.3) is 10.8 Å². The number of urea groups is 1. The van der Waals surface area contributed by atoms with Crippen molar-refractivity contribution in [2.75, 3.05) is 4.90 Å². The molecule has 0 fully saturated rings. The van der Waals surface area contributed by atoms with Crippen molar-refractivity contribution in [3.8, 4) is 0 Å². The van der Waals surface area contributed by atoms with Crippen LogP contribution in [0, 0.1) is 0 Å². The van der Waals surface area contributed by atoms with Crippen LogP contribution in [0.2, 0.25) is 5.02 Å². The Hall–Kier alpha value is -2.59. The van der Waals surface area contributed by atoms with Crippen molar-refractivity contribution in [1.82, 2.24) is 4.98 Å². The summed E-state index contributed by atoms with van der Waals surface area (Å²) in [4.78, 5) is 18.1. The second-order valence-corrected chi connectivity index (χ2v) is 6.55. The predicted octanol–water partition coefficient (Wildman–Crippen LogP) is 4.71. The summed E-state index contributed by atoms with van der Waals surface area (Å²) in [5, 5.41) is 2.53. The predicted molar refractivity (Wildman–Crippen MR) is 98.3 cm³/mol. The molecule has 0 radical (unpaired) electrons. The van der Waals surface area contributed by atoms with Crippen molar-refractivity contribution in [2.45, 2.75) is 19.4 Å². The highest BCUT2D eigenvalue weighted by Gasteiger charge is 2.33. The summed E-state index contributed by atoms with van der Waals surface area (Å²) < 4.78 is 0. The van der Waals surface area contributed by atoms with Gasteiger partial charge in [-0.1, -0.05) is 35.9 Å². The van der Waals surface area contributed by atoms with Gasteiger partial charge in [-0.15, -0.1) is 0 Å². The van der Waals surface area contributed by atoms with Crippen LogP contribution >= 0.6 is 11.6 Å². The van der Waals surface area contributed by atoms with E-state index >= 15 is 0 Å². The lowest BCUT2D eigenvalue weighted by Gasteiger charge is -2.38. The average molecular weight is 340 g/mol. The Bertz CT molecular complexity index is 885. The van der Waals surface area contributed by atoms with Crippen molar-refractivity contribution in [3.63, 3.8) is 0 Å². The Kier molecular flexibility index (Phi) is 4.16. The number of carbonyl (C=O) groups excluding carboxylic acids is 1. The third-order valence-corrected chi connectivity index (χ3v) is 4.48. The molecule has 0 spiro atoms. The van der Waals surface area contributed by atoms with Gasteiger partial charge in [0.1, 0.15) is 0 Å². The Morgan fingerprint density at radius 2 is 1.83 bits per heavy atom. The molecular formula is C19H18ClN3O. The van der Waals surface area contributed by atoms with Gasteiger partial charge in [-0.05, 0) is 43.7 Å². The minimum atomic E-state index is -0.645. The summed E-state index contributed by atoms with van der Waals surface area (Å²) in [6.07, 6.45) is 3.48. The second kappa shape index (κ2) is 6.13. The van der Waals surface area contributed by atoms with Crippen LogP contribution in [0.15, 0.2) is 60.9 Å². The van der Waals surface area contributed by atoms with Gasteiger partial charge in [-0.25, -0.2) is 4.79 Å². The fraction of sp³-hybridized carbons (Fsp3) is 0.158. The maximum absolute atomic E-state index is 12.3.